The molecule has 1 aromatic carbocycles. The van der Waals surface area contributed by atoms with E-state index >= 15 is 0 Å². The molecule has 0 radical (unpaired) electrons. The van der Waals surface area contributed by atoms with Crippen molar-refractivity contribution in [2.24, 2.45) is 0 Å². The average Bonchev–Trinajstić information content (AvgIpc) is 2.41. The minimum atomic E-state index is -4.46. The summed E-state index contributed by atoms with van der Waals surface area (Å²) in [5, 5.41) is 4.54. The van der Waals surface area contributed by atoms with Crippen molar-refractivity contribution in [2.45, 2.75) is 17.8 Å². The molecule has 0 aromatic heterocycles. The normalized spacial score (nSPS) is 19.0. The van der Waals surface area contributed by atoms with Gasteiger partial charge in [-0.3, -0.25) is 9.59 Å². The maximum absolute atomic E-state index is 12.6. The number of carbonyl (C=O) groups excluding carboxylic acids is 2. The molecule has 2 amide bonds. The standard InChI is InChI=1S/C13H13F3N2O2S/c14-13(15,16)8-2-1-3-9(6-8)18-11(19)7-10-12(20)17-4-5-21-10/h1-3,6,10H,4-5,7H2,(H,17,20)(H,18,19)/t10-/m1/s1. The number of hydrogen-bond acceptors (Lipinski definition) is 3. The van der Waals surface area contributed by atoms with Gasteiger partial charge in [-0.1, -0.05) is 6.07 Å². The van der Waals surface area contributed by atoms with Crippen LogP contribution in [0.15, 0.2) is 24.3 Å². The molecule has 4 nitrogen and oxygen atoms in total. The van der Waals surface area contributed by atoms with Crippen LogP contribution in [-0.2, 0) is 15.8 Å². The molecule has 1 heterocycles. The van der Waals surface area contributed by atoms with E-state index in [0.29, 0.717) is 12.3 Å². The summed E-state index contributed by atoms with van der Waals surface area (Å²) in [6, 6.07) is 4.40. The minimum Gasteiger partial charge on any atom is -0.354 e. The van der Waals surface area contributed by atoms with Crippen LogP contribution in [0.2, 0.25) is 0 Å². The molecule has 1 aliphatic rings. The molecule has 8 heteroatoms. The smallest absolute Gasteiger partial charge is 0.354 e. The van der Waals surface area contributed by atoms with E-state index in [1.807, 2.05) is 0 Å². The second-order valence-corrected chi connectivity index (χ2v) is 5.79. The maximum Gasteiger partial charge on any atom is 0.416 e. The van der Waals surface area contributed by atoms with Crippen molar-refractivity contribution in [3.63, 3.8) is 0 Å². The first-order chi connectivity index (χ1) is 9.86. The Labute approximate surface area is 123 Å². The fourth-order valence-electron chi connectivity index (χ4n) is 1.87. The predicted octanol–water partition coefficient (Wildman–Crippen LogP) is 2.27. The zero-order valence-corrected chi connectivity index (χ0v) is 11.7. The van der Waals surface area contributed by atoms with Gasteiger partial charge < -0.3 is 10.6 Å². The van der Waals surface area contributed by atoms with Crippen molar-refractivity contribution in [1.82, 2.24) is 5.32 Å². The van der Waals surface area contributed by atoms with E-state index in [4.69, 9.17) is 0 Å². The first-order valence-electron chi connectivity index (χ1n) is 6.22. The number of nitrogens with one attached hydrogen (secondary N) is 2. The number of benzene rings is 1. The Morgan fingerprint density at radius 1 is 1.43 bits per heavy atom. The fourth-order valence-corrected chi connectivity index (χ4v) is 2.88. The highest BCUT2D eigenvalue weighted by atomic mass is 32.2. The third-order valence-electron chi connectivity index (χ3n) is 2.86. The van der Waals surface area contributed by atoms with E-state index in [1.54, 1.807) is 0 Å². The Morgan fingerprint density at radius 3 is 2.86 bits per heavy atom. The molecular formula is C13H13F3N2O2S. The molecule has 0 unspecified atom stereocenters. The van der Waals surface area contributed by atoms with Crippen molar-refractivity contribution >= 4 is 29.3 Å². The summed E-state index contributed by atoms with van der Waals surface area (Å²) in [7, 11) is 0. The van der Waals surface area contributed by atoms with Crippen LogP contribution in [0, 0.1) is 0 Å². The average molecular weight is 318 g/mol. The molecule has 2 N–H and O–H groups in total. The molecule has 0 bridgehead atoms. The van der Waals surface area contributed by atoms with Gasteiger partial charge in [-0.15, -0.1) is 11.8 Å². The summed E-state index contributed by atoms with van der Waals surface area (Å²) in [5.41, 5.74) is -0.763. The zero-order chi connectivity index (χ0) is 15.5. The van der Waals surface area contributed by atoms with Gasteiger partial charge in [-0.2, -0.15) is 13.2 Å². The van der Waals surface area contributed by atoms with Crippen molar-refractivity contribution in [3.8, 4) is 0 Å². The number of hydrogen-bond donors (Lipinski definition) is 2. The summed E-state index contributed by atoms with van der Waals surface area (Å²) < 4.78 is 37.7. The molecule has 1 aromatic rings. The molecule has 114 valence electrons. The number of alkyl halides is 3. The van der Waals surface area contributed by atoms with E-state index in [2.05, 4.69) is 10.6 Å². The third kappa shape index (κ3) is 4.38. The lowest BCUT2D eigenvalue weighted by Crippen LogP contribution is -2.40. The number of rotatable bonds is 3. The van der Waals surface area contributed by atoms with Crippen LogP contribution < -0.4 is 10.6 Å². The summed E-state index contributed by atoms with van der Waals surface area (Å²) in [5.74, 6) is 0.0158. The lowest BCUT2D eigenvalue weighted by molar-refractivity contribution is -0.137. The largest absolute Gasteiger partial charge is 0.416 e. The van der Waals surface area contributed by atoms with Gasteiger partial charge in [0.05, 0.1) is 10.8 Å². The topological polar surface area (TPSA) is 58.2 Å². The van der Waals surface area contributed by atoms with Gasteiger partial charge in [0.2, 0.25) is 11.8 Å². The van der Waals surface area contributed by atoms with Crippen molar-refractivity contribution in [3.05, 3.63) is 29.8 Å². The van der Waals surface area contributed by atoms with Gasteiger partial charge in [-0.25, -0.2) is 0 Å². The molecule has 1 aliphatic heterocycles. The lowest BCUT2D eigenvalue weighted by atomic mass is 10.2. The molecule has 1 fully saturated rings. The van der Waals surface area contributed by atoms with Crippen LogP contribution >= 0.6 is 11.8 Å². The third-order valence-corrected chi connectivity index (χ3v) is 4.08. The Kier molecular flexibility index (Phi) is 4.76. The fraction of sp³-hybridized carbons (Fsp3) is 0.385. The monoisotopic (exact) mass is 318 g/mol. The van der Waals surface area contributed by atoms with Gasteiger partial charge in [-0.05, 0) is 18.2 Å². The first kappa shape index (κ1) is 15.7. The van der Waals surface area contributed by atoms with Crippen LogP contribution in [-0.4, -0.2) is 29.4 Å². The van der Waals surface area contributed by atoms with Crippen molar-refractivity contribution < 1.29 is 22.8 Å². The van der Waals surface area contributed by atoms with Gasteiger partial charge in [0.15, 0.2) is 0 Å². The number of carbonyl (C=O) groups is 2. The van der Waals surface area contributed by atoms with Gasteiger partial charge in [0.25, 0.3) is 0 Å². The molecule has 1 saturated heterocycles. The number of amides is 2. The highest BCUT2D eigenvalue weighted by Crippen LogP contribution is 2.30. The summed E-state index contributed by atoms with van der Waals surface area (Å²) in [4.78, 5) is 23.3. The predicted molar refractivity (Wildman–Crippen MR) is 73.9 cm³/mol. The van der Waals surface area contributed by atoms with E-state index in [-0.39, 0.29) is 18.0 Å². The van der Waals surface area contributed by atoms with Crippen molar-refractivity contribution in [1.29, 1.82) is 0 Å². The van der Waals surface area contributed by atoms with Crippen LogP contribution in [0.1, 0.15) is 12.0 Å². The molecule has 0 spiro atoms. The van der Waals surface area contributed by atoms with E-state index in [0.717, 1.165) is 12.1 Å². The van der Waals surface area contributed by atoms with E-state index < -0.39 is 22.9 Å². The van der Waals surface area contributed by atoms with Crippen LogP contribution in [0.25, 0.3) is 0 Å². The second kappa shape index (κ2) is 6.38. The molecular weight excluding hydrogens is 305 g/mol. The second-order valence-electron chi connectivity index (χ2n) is 4.48. The first-order valence-corrected chi connectivity index (χ1v) is 7.27. The highest BCUT2D eigenvalue weighted by molar-refractivity contribution is 8.00. The number of anilines is 1. The van der Waals surface area contributed by atoms with E-state index in [9.17, 15) is 22.8 Å². The SMILES string of the molecule is O=C(C[C@H]1SCCNC1=O)Nc1cccc(C(F)(F)F)c1. The van der Waals surface area contributed by atoms with Crippen LogP contribution in [0.5, 0.6) is 0 Å². The molecule has 0 aliphatic carbocycles. The number of halogens is 3. The van der Waals surface area contributed by atoms with Crippen LogP contribution in [0.4, 0.5) is 18.9 Å². The summed E-state index contributed by atoms with van der Waals surface area (Å²) in [6.07, 6.45) is -4.52. The Morgan fingerprint density at radius 2 is 2.19 bits per heavy atom. The zero-order valence-electron chi connectivity index (χ0n) is 10.9. The van der Waals surface area contributed by atoms with Gasteiger partial charge in [0, 0.05) is 24.4 Å². The molecule has 1 atom stereocenters. The molecule has 0 saturated carbocycles. The minimum absolute atomic E-state index is 0.0628. The lowest BCUT2D eigenvalue weighted by Gasteiger charge is -2.20. The Bertz CT molecular complexity index is 548. The highest BCUT2D eigenvalue weighted by Gasteiger charge is 2.30. The van der Waals surface area contributed by atoms with E-state index in [1.165, 1.54) is 23.9 Å². The number of thioether (sulfide) groups is 1. The maximum atomic E-state index is 12.6. The Balaban J connectivity index is 1.98. The Hall–Kier alpha value is -1.70. The van der Waals surface area contributed by atoms with Crippen LogP contribution in [0.3, 0.4) is 0 Å². The van der Waals surface area contributed by atoms with Gasteiger partial charge in [0.1, 0.15) is 0 Å². The quantitative estimate of drug-likeness (QED) is 0.899. The van der Waals surface area contributed by atoms with Crippen molar-refractivity contribution in [2.75, 3.05) is 17.6 Å². The molecule has 2 rings (SSSR count). The summed E-state index contributed by atoms with van der Waals surface area (Å²) in [6.45, 7) is 0.565. The van der Waals surface area contributed by atoms with Gasteiger partial charge >= 0.3 is 6.18 Å². The summed E-state index contributed by atoms with van der Waals surface area (Å²) >= 11 is 1.36. The molecule has 21 heavy (non-hydrogen) atoms.